The number of aryl methyl sites for hydroxylation is 1. The summed E-state index contributed by atoms with van der Waals surface area (Å²) in [5, 5.41) is 0. The van der Waals surface area contributed by atoms with Crippen LogP contribution in [0.1, 0.15) is 36.7 Å². The highest BCUT2D eigenvalue weighted by Crippen LogP contribution is 2.17. The van der Waals surface area contributed by atoms with E-state index in [9.17, 15) is 14.0 Å². The Morgan fingerprint density at radius 1 is 1.09 bits per heavy atom. The van der Waals surface area contributed by atoms with Gasteiger partial charge in [0.25, 0.3) is 5.91 Å². The van der Waals surface area contributed by atoms with E-state index in [1.54, 1.807) is 28.9 Å². The number of halogens is 1. The molecule has 2 rings (SSSR count). The third-order valence-electron chi connectivity index (χ3n) is 3.64. The minimum Gasteiger partial charge on any atom is -0.444 e. The smallest absolute Gasteiger partial charge is 0.410 e. The Kier molecular flexibility index (Phi) is 4.92. The zero-order chi connectivity index (χ0) is 17.2. The minimum atomic E-state index is -0.547. The summed E-state index contributed by atoms with van der Waals surface area (Å²) in [6.07, 6.45) is -0.383. The molecule has 0 unspecified atom stereocenters. The number of hydrogen-bond donors (Lipinski definition) is 0. The predicted molar refractivity (Wildman–Crippen MR) is 84.8 cm³/mol. The number of rotatable bonds is 1. The van der Waals surface area contributed by atoms with Crippen molar-refractivity contribution in [1.29, 1.82) is 0 Å². The zero-order valence-electron chi connectivity index (χ0n) is 14.1. The van der Waals surface area contributed by atoms with Crippen LogP contribution in [0.25, 0.3) is 0 Å². The van der Waals surface area contributed by atoms with Crippen LogP contribution in [0.4, 0.5) is 9.18 Å². The van der Waals surface area contributed by atoms with Crippen molar-refractivity contribution in [2.45, 2.75) is 33.3 Å². The fourth-order valence-electron chi connectivity index (χ4n) is 2.40. The minimum absolute atomic E-state index is 0.0794. The van der Waals surface area contributed by atoms with Crippen LogP contribution in [0, 0.1) is 12.7 Å². The molecule has 23 heavy (non-hydrogen) atoms. The first kappa shape index (κ1) is 17.2. The van der Waals surface area contributed by atoms with E-state index in [1.807, 2.05) is 20.8 Å². The maximum Gasteiger partial charge on any atom is 0.410 e. The first-order chi connectivity index (χ1) is 10.7. The van der Waals surface area contributed by atoms with Crippen LogP contribution in [-0.2, 0) is 4.74 Å². The second-order valence-corrected chi connectivity index (χ2v) is 6.70. The highest BCUT2D eigenvalue weighted by molar-refractivity contribution is 5.94. The molecule has 0 aromatic heterocycles. The van der Waals surface area contributed by atoms with E-state index in [0.29, 0.717) is 31.7 Å². The van der Waals surface area contributed by atoms with Crippen LogP contribution in [0.3, 0.4) is 0 Å². The van der Waals surface area contributed by atoms with Crippen molar-refractivity contribution in [1.82, 2.24) is 9.80 Å². The Balaban J connectivity index is 1.98. The molecule has 1 aliphatic heterocycles. The number of benzene rings is 1. The van der Waals surface area contributed by atoms with Gasteiger partial charge in [-0.25, -0.2) is 9.18 Å². The molecule has 1 aromatic rings. The van der Waals surface area contributed by atoms with Crippen LogP contribution < -0.4 is 0 Å². The van der Waals surface area contributed by atoms with Gasteiger partial charge in [-0.05, 0) is 39.3 Å². The lowest BCUT2D eigenvalue weighted by Gasteiger charge is -2.35. The van der Waals surface area contributed by atoms with Gasteiger partial charge in [0, 0.05) is 26.2 Å². The summed E-state index contributed by atoms with van der Waals surface area (Å²) in [5.74, 6) is -0.817. The van der Waals surface area contributed by atoms with E-state index < -0.39 is 11.4 Å². The first-order valence-corrected chi connectivity index (χ1v) is 7.71. The lowest BCUT2D eigenvalue weighted by atomic mass is 10.1. The summed E-state index contributed by atoms with van der Waals surface area (Å²) >= 11 is 0. The quantitative estimate of drug-likeness (QED) is 0.799. The molecule has 1 heterocycles. The maximum atomic E-state index is 14.1. The van der Waals surface area contributed by atoms with E-state index in [2.05, 4.69) is 0 Å². The Morgan fingerprint density at radius 2 is 1.65 bits per heavy atom. The van der Waals surface area contributed by atoms with Crippen molar-refractivity contribution in [3.05, 3.63) is 35.1 Å². The second-order valence-electron chi connectivity index (χ2n) is 6.70. The molecular weight excluding hydrogens is 299 g/mol. The summed E-state index contributed by atoms with van der Waals surface area (Å²) in [6.45, 7) is 8.56. The van der Waals surface area contributed by atoms with Crippen LogP contribution >= 0.6 is 0 Å². The maximum absolute atomic E-state index is 14.1. The molecule has 0 saturated carbocycles. The SMILES string of the molecule is Cc1cccc(C(=O)N2CCN(C(=O)OC(C)(C)C)CC2)c1F. The Labute approximate surface area is 136 Å². The van der Waals surface area contributed by atoms with Gasteiger partial charge in [0.05, 0.1) is 5.56 Å². The number of ether oxygens (including phenoxy) is 1. The van der Waals surface area contributed by atoms with Crippen molar-refractivity contribution in [3.8, 4) is 0 Å². The highest BCUT2D eigenvalue weighted by atomic mass is 19.1. The molecule has 1 fully saturated rings. The summed E-state index contributed by atoms with van der Waals surface area (Å²) < 4.78 is 19.4. The fraction of sp³-hybridized carbons (Fsp3) is 0.529. The number of piperazine rings is 1. The summed E-state index contributed by atoms with van der Waals surface area (Å²) in [4.78, 5) is 27.6. The van der Waals surface area contributed by atoms with Gasteiger partial charge in [-0.15, -0.1) is 0 Å². The van der Waals surface area contributed by atoms with E-state index in [-0.39, 0.29) is 17.6 Å². The topological polar surface area (TPSA) is 49.9 Å². The predicted octanol–water partition coefficient (Wildman–Crippen LogP) is 2.83. The lowest BCUT2D eigenvalue weighted by Crippen LogP contribution is -2.51. The van der Waals surface area contributed by atoms with Gasteiger partial charge in [0.1, 0.15) is 11.4 Å². The molecule has 0 atom stereocenters. The van der Waals surface area contributed by atoms with Crippen molar-refractivity contribution < 1.29 is 18.7 Å². The lowest BCUT2D eigenvalue weighted by molar-refractivity contribution is 0.0140. The van der Waals surface area contributed by atoms with Gasteiger partial charge in [-0.2, -0.15) is 0 Å². The van der Waals surface area contributed by atoms with Crippen LogP contribution in [0.15, 0.2) is 18.2 Å². The molecule has 0 aliphatic carbocycles. The molecule has 1 saturated heterocycles. The molecule has 2 amide bonds. The van der Waals surface area contributed by atoms with E-state index in [1.165, 1.54) is 6.07 Å². The first-order valence-electron chi connectivity index (χ1n) is 7.71. The number of hydrogen-bond acceptors (Lipinski definition) is 3. The molecule has 1 aliphatic rings. The third kappa shape index (κ3) is 4.21. The van der Waals surface area contributed by atoms with Gasteiger partial charge in [-0.1, -0.05) is 12.1 Å². The number of nitrogens with zero attached hydrogens (tertiary/aromatic N) is 2. The Morgan fingerprint density at radius 3 is 2.22 bits per heavy atom. The largest absolute Gasteiger partial charge is 0.444 e. The van der Waals surface area contributed by atoms with Gasteiger partial charge >= 0.3 is 6.09 Å². The number of amides is 2. The van der Waals surface area contributed by atoms with Crippen molar-refractivity contribution in [3.63, 3.8) is 0 Å². The molecular formula is C17H23FN2O3. The second kappa shape index (κ2) is 6.56. The normalized spacial score (nSPS) is 15.5. The molecule has 6 heteroatoms. The summed E-state index contributed by atoms with van der Waals surface area (Å²) in [6, 6.07) is 4.79. The molecule has 0 radical (unpaired) electrons. The molecule has 126 valence electrons. The van der Waals surface area contributed by atoms with Crippen molar-refractivity contribution in [2.24, 2.45) is 0 Å². The van der Waals surface area contributed by atoms with Crippen LogP contribution in [-0.4, -0.2) is 53.6 Å². The number of carbonyl (C=O) groups is 2. The molecule has 5 nitrogen and oxygen atoms in total. The van der Waals surface area contributed by atoms with Gasteiger partial charge in [0.2, 0.25) is 0 Å². The van der Waals surface area contributed by atoms with Gasteiger partial charge in [-0.3, -0.25) is 4.79 Å². The molecule has 1 aromatic carbocycles. The van der Waals surface area contributed by atoms with Crippen molar-refractivity contribution >= 4 is 12.0 Å². The monoisotopic (exact) mass is 322 g/mol. The van der Waals surface area contributed by atoms with Crippen LogP contribution in [0.2, 0.25) is 0 Å². The molecule has 0 N–H and O–H groups in total. The number of carbonyl (C=O) groups excluding carboxylic acids is 2. The fourth-order valence-corrected chi connectivity index (χ4v) is 2.40. The standard InChI is InChI=1S/C17H23FN2O3/c1-12-6-5-7-13(14(12)18)15(21)19-8-10-20(11-9-19)16(22)23-17(2,3)4/h5-7H,8-11H2,1-4H3. The van der Waals surface area contributed by atoms with Gasteiger partial charge in [0.15, 0.2) is 0 Å². The summed E-state index contributed by atoms with van der Waals surface area (Å²) in [7, 11) is 0. The average molecular weight is 322 g/mol. The average Bonchev–Trinajstić information content (AvgIpc) is 2.48. The third-order valence-corrected chi connectivity index (χ3v) is 3.64. The van der Waals surface area contributed by atoms with Crippen LogP contribution in [0.5, 0.6) is 0 Å². The highest BCUT2D eigenvalue weighted by Gasteiger charge is 2.29. The van der Waals surface area contributed by atoms with Gasteiger partial charge < -0.3 is 14.5 Å². The summed E-state index contributed by atoms with van der Waals surface area (Å²) in [5.41, 5.74) is -0.0201. The molecule has 0 spiro atoms. The zero-order valence-corrected chi connectivity index (χ0v) is 14.1. The van der Waals surface area contributed by atoms with E-state index in [4.69, 9.17) is 4.74 Å². The van der Waals surface area contributed by atoms with E-state index >= 15 is 0 Å². The Hall–Kier alpha value is -2.11. The Bertz CT molecular complexity index is 602. The molecule has 0 bridgehead atoms. The van der Waals surface area contributed by atoms with Crippen molar-refractivity contribution in [2.75, 3.05) is 26.2 Å². The van der Waals surface area contributed by atoms with E-state index in [0.717, 1.165) is 0 Å².